The van der Waals surface area contributed by atoms with Crippen LogP contribution in [0.4, 0.5) is 19.0 Å². The molecule has 0 amide bonds. The Hall–Kier alpha value is -2.30. The maximum absolute atomic E-state index is 12.5. The van der Waals surface area contributed by atoms with Gasteiger partial charge in [-0.3, -0.25) is 0 Å². The SMILES string of the molecule is CC(C(=O)O)N(C)c1nc(C(F)(F)F)ccc1C#N. The third kappa shape index (κ3) is 3.13. The minimum Gasteiger partial charge on any atom is -0.480 e. The number of nitriles is 1. The van der Waals surface area contributed by atoms with Crippen LogP contribution in [0, 0.1) is 11.3 Å². The van der Waals surface area contributed by atoms with Crippen molar-refractivity contribution in [3.05, 3.63) is 23.4 Å². The summed E-state index contributed by atoms with van der Waals surface area (Å²) in [6.07, 6.45) is -4.66. The van der Waals surface area contributed by atoms with Gasteiger partial charge in [-0.1, -0.05) is 0 Å². The Kier molecular flexibility index (Phi) is 3.99. The Morgan fingerprint density at radius 3 is 2.53 bits per heavy atom. The highest BCUT2D eigenvalue weighted by Crippen LogP contribution is 2.30. The lowest BCUT2D eigenvalue weighted by Crippen LogP contribution is -2.37. The lowest BCUT2D eigenvalue weighted by molar-refractivity contribution is -0.141. The first-order valence-corrected chi connectivity index (χ1v) is 5.12. The predicted octanol–water partition coefficient (Wildman–Crippen LogP) is 1.88. The normalized spacial score (nSPS) is 12.6. The zero-order chi connectivity index (χ0) is 14.8. The molecular formula is C11H10F3N3O2. The van der Waals surface area contributed by atoms with Crippen LogP contribution in [0.15, 0.2) is 12.1 Å². The standard InChI is InChI=1S/C11H10F3N3O2/c1-6(10(18)19)17(2)9-7(5-15)3-4-8(16-9)11(12,13)14/h3-4,6H,1-2H3,(H,18,19). The number of anilines is 1. The molecule has 1 atom stereocenters. The quantitative estimate of drug-likeness (QED) is 0.909. The first-order chi connectivity index (χ1) is 8.68. The van der Waals surface area contributed by atoms with Crippen molar-refractivity contribution in [2.45, 2.75) is 19.1 Å². The second-order valence-electron chi connectivity index (χ2n) is 3.80. The number of halogens is 3. The van der Waals surface area contributed by atoms with E-state index in [0.29, 0.717) is 6.07 Å². The van der Waals surface area contributed by atoms with Crippen LogP contribution in [0.3, 0.4) is 0 Å². The molecule has 1 heterocycles. The summed E-state index contributed by atoms with van der Waals surface area (Å²) in [5.74, 6) is -1.54. The minimum atomic E-state index is -4.66. The molecule has 0 saturated carbocycles. The number of alkyl halides is 3. The second-order valence-corrected chi connectivity index (χ2v) is 3.80. The fourth-order valence-electron chi connectivity index (χ4n) is 1.31. The van der Waals surface area contributed by atoms with Gasteiger partial charge in [0.05, 0.1) is 5.56 Å². The van der Waals surface area contributed by atoms with E-state index in [1.54, 1.807) is 6.07 Å². The average Bonchev–Trinajstić information content (AvgIpc) is 2.34. The Bertz CT molecular complexity index is 537. The number of aromatic nitrogens is 1. The molecule has 0 aliphatic heterocycles. The maximum atomic E-state index is 12.5. The van der Waals surface area contributed by atoms with Gasteiger partial charge >= 0.3 is 12.1 Å². The Balaban J connectivity index is 3.32. The van der Waals surface area contributed by atoms with Crippen LogP contribution in [0.5, 0.6) is 0 Å². The summed E-state index contributed by atoms with van der Waals surface area (Å²) >= 11 is 0. The lowest BCUT2D eigenvalue weighted by atomic mass is 10.2. The van der Waals surface area contributed by atoms with Crippen molar-refractivity contribution < 1.29 is 23.1 Å². The van der Waals surface area contributed by atoms with Crippen LogP contribution in [-0.4, -0.2) is 29.1 Å². The summed E-state index contributed by atoms with van der Waals surface area (Å²) in [5, 5.41) is 17.7. The molecule has 1 aromatic rings. The molecule has 1 rings (SSSR count). The van der Waals surface area contributed by atoms with Gasteiger partial charge in [-0.25, -0.2) is 9.78 Å². The predicted molar refractivity (Wildman–Crippen MR) is 59.5 cm³/mol. The fraction of sp³-hybridized carbons (Fsp3) is 0.364. The number of rotatable bonds is 3. The van der Waals surface area contributed by atoms with Gasteiger partial charge in [0.1, 0.15) is 23.6 Å². The smallest absolute Gasteiger partial charge is 0.433 e. The molecular weight excluding hydrogens is 263 g/mol. The first kappa shape index (κ1) is 14.8. The second kappa shape index (κ2) is 5.14. The number of carboxylic acid groups (broad SMARTS) is 1. The molecule has 0 bridgehead atoms. The molecule has 8 heteroatoms. The van der Waals surface area contributed by atoms with E-state index in [4.69, 9.17) is 10.4 Å². The van der Waals surface area contributed by atoms with E-state index >= 15 is 0 Å². The van der Waals surface area contributed by atoms with Gasteiger partial charge in [0.25, 0.3) is 0 Å². The summed E-state index contributed by atoms with van der Waals surface area (Å²) < 4.78 is 37.6. The number of carboxylic acids is 1. The van der Waals surface area contributed by atoms with E-state index in [2.05, 4.69) is 4.98 Å². The van der Waals surface area contributed by atoms with Crippen molar-refractivity contribution in [1.29, 1.82) is 5.26 Å². The highest BCUT2D eigenvalue weighted by Gasteiger charge is 2.34. The number of pyridine rings is 1. The van der Waals surface area contributed by atoms with E-state index in [1.807, 2.05) is 0 Å². The van der Waals surface area contributed by atoms with Gasteiger partial charge < -0.3 is 10.0 Å². The highest BCUT2D eigenvalue weighted by molar-refractivity contribution is 5.77. The number of aliphatic carboxylic acids is 1. The van der Waals surface area contributed by atoms with Crippen molar-refractivity contribution in [1.82, 2.24) is 4.98 Å². The third-order valence-corrected chi connectivity index (χ3v) is 2.56. The van der Waals surface area contributed by atoms with Crippen LogP contribution in [0.25, 0.3) is 0 Å². The molecule has 1 aromatic heterocycles. The number of carbonyl (C=O) groups is 1. The molecule has 5 nitrogen and oxygen atoms in total. The highest BCUT2D eigenvalue weighted by atomic mass is 19.4. The number of nitrogens with zero attached hydrogens (tertiary/aromatic N) is 3. The first-order valence-electron chi connectivity index (χ1n) is 5.12. The maximum Gasteiger partial charge on any atom is 0.433 e. The lowest BCUT2D eigenvalue weighted by Gasteiger charge is -2.24. The molecule has 0 aliphatic rings. The van der Waals surface area contributed by atoms with Crippen molar-refractivity contribution in [3.8, 4) is 6.07 Å². The molecule has 1 N–H and O–H groups in total. The van der Waals surface area contributed by atoms with E-state index < -0.39 is 23.9 Å². The monoisotopic (exact) mass is 273 g/mol. The summed E-state index contributed by atoms with van der Waals surface area (Å²) in [6, 6.07) is 2.23. The molecule has 0 aliphatic carbocycles. The Labute approximate surface area is 106 Å². The molecule has 19 heavy (non-hydrogen) atoms. The van der Waals surface area contributed by atoms with E-state index in [0.717, 1.165) is 11.0 Å². The number of hydrogen-bond donors (Lipinski definition) is 1. The molecule has 1 unspecified atom stereocenters. The van der Waals surface area contributed by atoms with Crippen LogP contribution in [0.2, 0.25) is 0 Å². The van der Waals surface area contributed by atoms with Gasteiger partial charge in [-0.2, -0.15) is 18.4 Å². The summed E-state index contributed by atoms with van der Waals surface area (Å²) in [6.45, 7) is 1.28. The summed E-state index contributed by atoms with van der Waals surface area (Å²) in [4.78, 5) is 15.2. The molecule has 0 aromatic carbocycles. The fourth-order valence-corrected chi connectivity index (χ4v) is 1.31. The van der Waals surface area contributed by atoms with E-state index in [1.165, 1.54) is 14.0 Å². The molecule has 0 fully saturated rings. The van der Waals surface area contributed by atoms with E-state index in [-0.39, 0.29) is 11.4 Å². The van der Waals surface area contributed by atoms with Crippen LogP contribution in [-0.2, 0) is 11.0 Å². The van der Waals surface area contributed by atoms with E-state index in [9.17, 15) is 18.0 Å². The van der Waals surface area contributed by atoms with Crippen molar-refractivity contribution in [3.63, 3.8) is 0 Å². The van der Waals surface area contributed by atoms with Crippen LogP contribution in [0.1, 0.15) is 18.2 Å². The van der Waals surface area contributed by atoms with Crippen molar-refractivity contribution >= 4 is 11.8 Å². The molecule has 0 saturated heterocycles. The topological polar surface area (TPSA) is 77.2 Å². The number of likely N-dealkylation sites (N-methyl/N-ethyl adjacent to an activating group) is 1. The summed E-state index contributed by atoms with van der Waals surface area (Å²) in [5.41, 5.74) is -1.30. The van der Waals surface area contributed by atoms with Gasteiger partial charge in [-0.05, 0) is 19.1 Å². The van der Waals surface area contributed by atoms with Gasteiger partial charge in [0, 0.05) is 7.05 Å². The molecule has 0 radical (unpaired) electrons. The zero-order valence-corrected chi connectivity index (χ0v) is 10.1. The zero-order valence-electron chi connectivity index (χ0n) is 10.1. The minimum absolute atomic E-state index is 0.122. The molecule has 102 valence electrons. The Morgan fingerprint density at radius 1 is 1.53 bits per heavy atom. The summed E-state index contributed by atoms with van der Waals surface area (Å²) in [7, 11) is 1.27. The van der Waals surface area contributed by atoms with Gasteiger partial charge in [-0.15, -0.1) is 0 Å². The molecule has 0 spiro atoms. The largest absolute Gasteiger partial charge is 0.480 e. The third-order valence-electron chi connectivity index (χ3n) is 2.56. The average molecular weight is 273 g/mol. The Morgan fingerprint density at radius 2 is 2.11 bits per heavy atom. The van der Waals surface area contributed by atoms with Crippen LogP contribution >= 0.6 is 0 Å². The van der Waals surface area contributed by atoms with Crippen LogP contribution < -0.4 is 4.90 Å². The van der Waals surface area contributed by atoms with Gasteiger partial charge in [0.2, 0.25) is 0 Å². The number of hydrogen-bond acceptors (Lipinski definition) is 4. The van der Waals surface area contributed by atoms with Crippen molar-refractivity contribution in [2.75, 3.05) is 11.9 Å². The van der Waals surface area contributed by atoms with Crippen molar-refractivity contribution in [2.24, 2.45) is 0 Å². The van der Waals surface area contributed by atoms with Gasteiger partial charge in [0.15, 0.2) is 0 Å².